The molecule has 0 saturated heterocycles. The summed E-state index contributed by atoms with van der Waals surface area (Å²) in [7, 11) is 0. The Morgan fingerprint density at radius 1 is 0.944 bits per heavy atom. The van der Waals surface area contributed by atoms with E-state index in [0.29, 0.717) is 11.5 Å². The Hall–Kier alpha value is -2.24. The summed E-state index contributed by atoms with van der Waals surface area (Å²) in [6.07, 6.45) is 4.18. The highest BCUT2D eigenvalue weighted by molar-refractivity contribution is 5.68. The lowest BCUT2D eigenvalue weighted by molar-refractivity contribution is 0.735. The summed E-state index contributed by atoms with van der Waals surface area (Å²) in [6, 6.07) is 0.0619. The Bertz CT molecular complexity index is 680. The second-order valence-electron chi connectivity index (χ2n) is 4.70. The zero-order valence-electron chi connectivity index (χ0n) is 10.1. The maximum absolute atomic E-state index is 11.7. The molecule has 6 nitrogen and oxygen atoms in total. The molecule has 2 heterocycles. The molecule has 3 rings (SSSR count). The van der Waals surface area contributed by atoms with Gasteiger partial charge >= 0.3 is 5.69 Å². The number of hydrogen-bond donors (Lipinski definition) is 4. The van der Waals surface area contributed by atoms with Gasteiger partial charge in [0.05, 0.1) is 12.1 Å². The molecule has 1 aliphatic carbocycles. The smallest absolute Gasteiger partial charge is 0.327 e. The van der Waals surface area contributed by atoms with Gasteiger partial charge in [-0.05, 0) is 13.8 Å². The Balaban J connectivity index is 2.09. The van der Waals surface area contributed by atoms with Crippen molar-refractivity contribution < 1.29 is 0 Å². The molecule has 2 aliphatic rings. The molecule has 0 saturated carbocycles. The van der Waals surface area contributed by atoms with E-state index in [0.717, 1.165) is 0 Å². The van der Waals surface area contributed by atoms with E-state index < -0.39 is 11.2 Å². The third-order valence-corrected chi connectivity index (χ3v) is 3.43. The van der Waals surface area contributed by atoms with E-state index in [1.807, 2.05) is 13.8 Å². The van der Waals surface area contributed by atoms with Gasteiger partial charge in [0.1, 0.15) is 11.5 Å². The minimum Gasteiger partial charge on any atom is -0.369 e. The molecule has 4 N–H and O–H groups in total. The second kappa shape index (κ2) is 3.63. The van der Waals surface area contributed by atoms with Gasteiger partial charge in [-0.25, -0.2) is 4.79 Å². The van der Waals surface area contributed by atoms with E-state index in [9.17, 15) is 9.59 Å². The first-order chi connectivity index (χ1) is 8.54. The summed E-state index contributed by atoms with van der Waals surface area (Å²) in [4.78, 5) is 27.7. The zero-order chi connectivity index (χ0) is 12.9. The molecule has 6 heteroatoms. The van der Waals surface area contributed by atoms with Crippen LogP contribution in [-0.2, 0) is 0 Å². The third-order valence-electron chi connectivity index (χ3n) is 3.43. The van der Waals surface area contributed by atoms with Crippen molar-refractivity contribution >= 4 is 11.5 Å². The van der Waals surface area contributed by atoms with E-state index in [1.165, 1.54) is 11.1 Å². The number of H-pyrrole nitrogens is 2. The van der Waals surface area contributed by atoms with Gasteiger partial charge in [-0.3, -0.25) is 14.8 Å². The predicted octanol–water partition coefficient (Wildman–Crippen LogP) is 0.544. The number of nitrogens with one attached hydrogen (secondary N) is 4. The van der Waals surface area contributed by atoms with Crippen LogP contribution in [0.5, 0.6) is 0 Å². The van der Waals surface area contributed by atoms with Crippen LogP contribution < -0.4 is 21.9 Å². The van der Waals surface area contributed by atoms with Crippen LogP contribution in [-0.4, -0.2) is 22.1 Å². The first-order valence-electron chi connectivity index (χ1n) is 5.81. The van der Waals surface area contributed by atoms with Crippen LogP contribution in [0.25, 0.3) is 0 Å². The van der Waals surface area contributed by atoms with E-state index >= 15 is 0 Å². The van der Waals surface area contributed by atoms with Crippen molar-refractivity contribution in [1.29, 1.82) is 0 Å². The summed E-state index contributed by atoms with van der Waals surface area (Å²) in [5.74, 6) is 0.446. The lowest BCUT2D eigenvalue weighted by atomic mass is 9.91. The summed E-state index contributed by atoms with van der Waals surface area (Å²) >= 11 is 0. The molecule has 94 valence electrons. The van der Waals surface area contributed by atoms with Gasteiger partial charge in [0, 0.05) is 0 Å². The van der Waals surface area contributed by atoms with Gasteiger partial charge in [0.2, 0.25) is 0 Å². The van der Waals surface area contributed by atoms with E-state index in [2.05, 4.69) is 32.8 Å². The van der Waals surface area contributed by atoms with Gasteiger partial charge in [0.25, 0.3) is 5.56 Å². The Morgan fingerprint density at radius 2 is 1.56 bits per heavy atom. The number of rotatable bonds is 0. The average Bonchev–Trinajstić information content (AvgIpc) is 2.29. The summed E-state index contributed by atoms with van der Waals surface area (Å²) in [5.41, 5.74) is 1.86. The number of aromatic amines is 2. The summed E-state index contributed by atoms with van der Waals surface area (Å²) in [6.45, 7) is 4.08. The zero-order valence-corrected chi connectivity index (χ0v) is 10.1. The summed E-state index contributed by atoms with van der Waals surface area (Å²) < 4.78 is 0. The largest absolute Gasteiger partial charge is 0.369 e. The molecule has 2 unspecified atom stereocenters. The fourth-order valence-corrected chi connectivity index (χ4v) is 2.34. The Labute approximate surface area is 103 Å². The molecule has 1 aromatic heterocycles. The standard InChI is InChI=1S/C12H14N4O2/c1-5-3-7-8(4-6(5)2)14-10-9(13-7)11(17)16-12(18)15-10/h3-4,7-8,13H,1-2H3,(H3,14,15,16,17,18). The molecule has 0 amide bonds. The number of hydrogen-bond acceptors (Lipinski definition) is 4. The molecule has 0 bridgehead atoms. The van der Waals surface area contributed by atoms with Crippen LogP contribution in [0.4, 0.5) is 11.5 Å². The van der Waals surface area contributed by atoms with Gasteiger partial charge in [-0.1, -0.05) is 23.3 Å². The predicted molar refractivity (Wildman–Crippen MR) is 70.0 cm³/mol. The highest BCUT2D eigenvalue weighted by atomic mass is 16.2. The van der Waals surface area contributed by atoms with Crippen molar-refractivity contribution in [3.8, 4) is 0 Å². The highest BCUT2D eigenvalue weighted by Crippen LogP contribution is 2.28. The number of aromatic nitrogens is 2. The van der Waals surface area contributed by atoms with Crippen LogP contribution in [0.1, 0.15) is 13.8 Å². The minimum absolute atomic E-state index is 0.0215. The molecule has 0 spiro atoms. The van der Waals surface area contributed by atoms with Gasteiger partial charge in [-0.2, -0.15) is 0 Å². The van der Waals surface area contributed by atoms with E-state index in [4.69, 9.17) is 0 Å². The van der Waals surface area contributed by atoms with Crippen LogP contribution in [0, 0.1) is 0 Å². The molecule has 1 aliphatic heterocycles. The Morgan fingerprint density at radius 3 is 2.22 bits per heavy atom. The molecule has 0 aromatic carbocycles. The molecule has 0 radical (unpaired) electrons. The van der Waals surface area contributed by atoms with Gasteiger partial charge < -0.3 is 10.6 Å². The maximum atomic E-state index is 11.7. The normalized spacial score (nSPS) is 25.0. The second-order valence-corrected chi connectivity index (χ2v) is 4.70. The minimum atomic E-state index is -0.505. The Kier molecular flexibility index (Phi) is 2.19. The van der Waals surface area contributed by atoms with Gasteiger partial charge in [0.15, 0.2) is 0 Å². The quantitative estimate of drug-likeness (QED) is 0.538. The van der Waals surface area contributed by atoms with Crippen molar-refractivity contribution in [3.63, 3.8) is 0 Å². The van der Waals surface area contributed by atoms with Crippen LogP contribution in [0.3, 0.4) is 0 Å². The number of anilines is 2. The number of fused-ring (bicyclic) bond motifs is 2. The van der Waals surface area contributed by atoms with Crippen LogP contribution in [0.15, 0.2) is 32.9 Å². The first-order valence-corrected chi connectivity index (χ1v) is 5.81. The van der Waals surface area contributed by atoms with Crippen molar-refractivity contribution in [3.05, 3.63) is 44.1 Å². The van der Waals surface area contributed by atoms with E-state index in [1.54, 1.807) is 0 Å². The fraction of sp³-hybridized carbons (Fsp3) is 0.333. The number of allylic oxidation sites excluding steroid dienone is 2. The molecular weight excluding hydrogens is 232 g/mol. The SMILES string of the molecule is CC1=CC2Nc3[nH]c(=O)[nH]c(=O)c3NC2C=C1C. The first kappa shape index (κ1) is 10.9. The fourth-order valence-electron chi connectivity index (χ4n) is 2.34. The van der Waals surface area contributed by atoms with Crippen LogP contribution >= 0.6 is 0 Å². The lowest BCUT2D eigenvalue weighted by Crippen LogP contribution is -2.46. The molecule has 18 heavy (non-hydrogen) atoms. The molecule has 2 atom stereocenters. The monoisotopic (exact) mass is 246 g/mol. The third kappa shape index (κ3) is 1.57. The molecular formula is C12H14N4O2. The molecule has 1 aromatic rings. The summed E-state index contributed by atoms with van der Waals surface area (Å²) in [5, 5.41) is 6.32. The van der Waals surface area contributed by atoms with Crippen molar-refractivity contribution in [2.24, 2.45) is 0 Å². The molecule has 0 fully saturated rings. The van der Waals surface area contributed by atoms with Gasteiger partial charge in [-0.15, -0.1) is 0 Å². The van der Waals surface area contributed by atoms with Crippen molar-refractivity contribution in [2.75, 3.05) is 10.6 Å². The maximum Gasteiger partial charge on any atom is 0.327 e. The van der Waals surface area contributed by atoms with Crippen molar-refractivity contribution in [2.45, 2.75) is 25.9 Å². The highest BCUT2D eigenvalue weighted by Gasteiger charge is 2.29. The van der Waals surface area contributed by atoms with E-state index in [-0.39, 0.29) is 12.1 Å². The topological polar surface area (TPSA) is 89.8 Å². The van der Waals surface area contributed by atoms with Crippen LogP contribution in [0.2, 0.25) is 0 Å². The lowest BCUT2D eigenvalue weighted by Gasteiger charge is -2.34. The average molecular weight is 246 g/mol. The van der Waals surface area contributed by atoms with Crippen molar-refractivity contribution in [1.82, 2.24) is 9.97 Å².